The number of aliphatic hydroxyl groups is 1. The molecule has 2 N–H and O–H groups in total. The fraction of sp³-hybridized carbons (Fsp3) is 0.750. The second-order valence-corrected chi connectivity index (χ2v) is 13.0. The molecule has 2 rings (SSSR count). The molecule has 27 heavy (non-hydrogen) atoms. The Morgan fingerprint density at radius 1 is 1.52 bits per heavy atom. The molecule has 1 fully saturated rings. The number of H-pyrrole nitrogens is 1. The maximum atomic E-state index is 15.5. The molecule has 1 saturated heterocycles. The number of halogens is 3. The third kappa shape index (κ3) is 3.90. The van der Waals surface area contributed by atoms with Gasteiger partial charge in [-0.2, -0.15) is 4.39 Å². The summed E-state index contributed by atoms with van der Waals surface area (Å²) in [6.45, 7) is 8.11. The van der Waals surface area contributed by atoms with E-state index in [2.05, 4.69) is 0 Å². The van der Waals surface area contributed by atoms with Crippen molar-refractivity contribution in [1.29, 1.82) is 0 Å². The van der Waals surface area contributed by atoms with Gasteiger partial charge in [0.2, 0.25) is 5.82 Å². The number of hydrogen-bond acceptors (Lipinski definition) is 5. The number of alkyl halides is 2. The second-order valence-electron chi connectivity index (χ2n) is 8.04. The minimum absolute atomic E-state index is 0.411. The van der Waals surface area contributed by atoms with Crippen LogP contribution in [0.3, 0.4) is 0 Å². The molecule has 1 aromatic heterocycles. The van der Waals surface area contributed by atoms with Gasteiger partial charge in [0.1, 0.15) is 11.7 Å². The zero-order chi connectivity index (χ0) is 22.6. The Morgan fingerprint density at radius 3 is 2.59 bits per heavy atom. The van der Waals surface area contributed by atoms with Crippen LogP contribution in [0.25, 0.3) is 0 Å². The summed E-state index contributed by atoms with van der Waals surface area (Å²) in [5, 5.41) is 9.56. The SMILES string of the molecule is [2H]C([2H])(Cl)[C@]1(CO)O[C@@H](n2cc(F)c(=O)[nH]c2=O)[C@@H](F)[C@@H]1O[Si](C)(C)C(C)(C)C. The highest BCUT2D eigenvalue weighted by Crippen LogP contribution is 2.46. The first-order valence-corrected chi connectivity index (χ1v) is 11.6. The summed E-state index contributed by atoms with van der Waals surface area (Å²) in [7, 11) is -2.74. The first kappa shape index (κ1) is 19.3. The molecule has 1 aliphatic rings. The average molecular weight is 429 g/mol. The van der Waals surface area contributed by atoms with Gasteiger partial charge in [0.15, 0.2) is 20.7 Å². The lowest BCUT2D eigenvalue weighted by atomic mass is 9.99. The van der Waals surface area contributed by atoms with Crippen LogP contribution in [-0.4, -0.2) is 53.3 Å². The Morgan fingerprint density at radius 2 is 2.11 bits per heavy atom. The highest BCUT2D eigenvalue weighted by Gasteiger charge is 2.59. The molecular formula is C16H25ClF2N2O5Si. The third-order valence-electron chi connectivity index (χ3n) is 5.17. The van der Waals surface area contributed by atoms with Crippen molar-refractivity contribution >= 4 is 19.9 Å². The highest BCUT2D eigenvalue weighted by atomic mass is 35.5. The van der Waals surface area contributed by atoms with E-state index in [1.54, 1.807) is 18.1 Å². The van der Waals surface area contributed by atoms with Crippen LogP contribution in [0.1, 0.15) is 29.7 Å². The van der Waals surface area contributed by atoms with Gasteiger partial charge in [0.25, 0.3) is 5.56 Å². The zero-order valence-electron chi connectivity index (χ0n) is 17.7. The van der Waals surface area contributed by atoms with E-state index in [1.807, 2.05) is 20.8 Å². The van der Waals surface area contributed by atoms with Crippen LogP contribution in [0.2, 0.25) is 18.1 Å². The molecule has 0 aromatic carbocycles. The molecule has 0 radical (unpaired) electrons. The summed E-state index contributed by atoms with van der Waals surface area (Å²) in [6.07, 6.45) is -5.33. The van der Waals surface area contributed by atoms with Crippen molar-refractivity contribution in [2.45, 2.75) is 63.0 Å². The molecule has 2 heterocycles. The Kier molecular flexibility index (Phi) is 5.27. The molecule has 11 heteroatoms. The maximum absolute atomic E-state index is 15.5. The van der Waals surface area contributed by atoms with E-state index in [0.29, 0.717) is 10.8 Å². The first-order chi connectivity index (χ1) is 13.0. The fourth-order valence-electron chi connectivity index (χ4n) is 2.50. The largest absolute Gasteiger partial charge is 0.408 e. The summed E-state index contributed by atoms with van der Waals surface area (Å²) in [5.74, 6) is -4.17. The molecule has 1 aliphatic heterocycles. The van der Waals surface area contributed by atoms with Crippen molar-refractivity contribution in [3.8, 4) is 0 Å². The van der Waals surface area contributed by atoms with Crippen molar-refractivity contribution in [3.63, 3.8) is 0 Å². The number of nitrogens with one attached hydrogen (secondary N) is 1. The van der Waals surface area contributed by atoms with Crippen LogP contribution >= 0.6 is 11.6 Å². The molecule has 0 aliphatic carbocycles. The topological polar surface area (TPSA) is 93.5 Å². The van der Waals surface area contributed by atoms with E-state index >= 15 is 4.39 Å². The number of nitrogens with zero attached hydrogens (tertiary/aromatic N) is 1. The van der Waals surface area contributed by atoms with E-state index in [0.717, 1.165) is 0 Å². The lowest BCUT2D eigenvalue weighted by Crippen LogP contribution is -2.55. The van der Waals surface area contributed by atoms with Crippen molar-refractivity contribution in [3.05, 3.63) is 32.9 Å². The normalized spacial score (nSPS) is 30.9. The van der Waals surface area contributed by atoms with Crippen molar-refractivity contribution in [2.24, 2.45) is 0 Å². The number of ether oxygens (including phenoxy) is 1. The van der Waals surface area contributed by atoms with Gasteiger partial charge in [0.05, 0.1) is 18.6 Å². The predicted octanol–water partition coefficient (Wildman–Crippen LogP) is 1.90. The van der Waals surface area contributed by atoms with E-state index in [4.69, 9.17) is 23.5 Å². The van der Waals surface area contributed by atoms with E-state index in [1.165, 1.54) is 0 Å². The molecule has 0 amide bonds. The Hall–Kier alpha value is -1.07. The van der Waals surface area contributed by atoms with Crippen LogP contribution < -0.4 is 11.2 Å². The summed E-state index contributed by atoms with van der Waals surface area (Å²) in [6, 6.07) is 0. The number of rotatable bonds is 5. The molecule has 0 spiro atoms. The fourth-order valence-corrected chi connectivity index (χ4v) is 4.02. The van der Waals surface area contributed by atoms with Gasteiger partial charge >= 0.3 is 5.69 Å². The second kappa shape index (κ2) is 7.40. The van der Waals surface area contributed by atoms with Crippen LogP contribution in [0.4, 0.5) is 8.78 Å². The molecule has 154 valence electrons. The zero-order valence-corrected chi connectivity index (χ0v) is 17.4. The Balaban J connectivity index is 2.63. The van der Waals surface area contributed by atoms with Crippen LogP contribution in [0, 0.1) is 5.82 Å². The quantitative estimate of drug-likeness (QED) is 0.552. The lowest BCUT2D eigenvalue weighted by molar-refractivity contribution is -0.113. The smallest absolute Gasteiger partial charge is 0.330 e. The Bertz CT molecular complexity index is 886. The molecule has 0 unspecified atom stereocenters. The molecule has 0 saturated carbocycles. The summed E-state index contributed by atoms with van der Waals surface area (Å²) in [5.41, 5.74) is -4.85. The van der Waals surface area contributed by atoms with Crippen LogP contribution in [0.15, 0.2) is 15.8 Å². The van der Waals surface area contributed by atoms with Crippen molar-refractivity contribution < 1.29 is 25.8 Å². The number of aliphatic hydroxyl groups excluding tert-OH is 1. The van der Waals surface area contributed by atoms with Gasteiger partial charge in [-0.3, -0.25) is 14.3 Å². The molecule has 4 atom stereocenters. The van der Waals surface area contributed by atoms with Gasteiger partial charge in [-0.05, 0) is 18.1 Å². The van der Waals surface area contributed by atoms with E-state index in [-0.39, 0.29) is 0 Å². The van der Waals surface area contributed by atoms with Crippen molar-refractivity contribution in [1.82, 2.24) is 9.55 Å². The summed E-state index contributed by atoms with van der Waals surface area (Å²) in [4.78, 5) is 25.1. The number of aromatic nitrogens is 2. The van der Waals surface area contributed by atoms with Gasteiger partial charge in [-0.15, -0.1) is 11.6 Å². The molecule has 7 nitrogen and oxygen atoms in total. The average Bonchev–Trinajstić information content (AvgIpc) is 2.83. The van der Waals surface area contributed by atoms with Gasteiger partial charge in [0, 0.05) is 2.74 Å². The molecule has 0 bridgehead atoms. The van der Waals surface area contributed by atoms with Crippen LogP contribution in [0.5, 0.6) is 0 Å². The van der Waals surface area contributed by atoms with Crippen LogP contribution in [-0.2, 0) is 9.16 Å². The van der Waals surface area contributed by atoms with E-state index in [9.17, 15) is 19.1 Å². The lowest BCUT2D eigenvalue weighted by Gasteiger charge is -2.42. The third-order valence-corrected chi connectivity index (χ3v) is 9.95. The van der Waals surface area contributed by atoms with Crippen molar-refractivity contribution in [2.75, 3.05) is 12.4 Å². The first-order valence-electron chi connectivity index (χ1n) is 9.29. The molecular weight excluding hydrogens is 402 g/mol. The number of aromatic amines is 1. The predicted molar refractivity (Wildman–Crippen MR) is 98.9 cm³/mol. The minimum Gasteiger partial charge on any atom is -0.408 e. The summed E-state index contributed by atoms with van der Waals surface area (Å²) < 4.78 is 57.1. The minimum atomic E-state index is -2.81. The standard InChI is InChI=1S/C16H25ClF2N2O5Si/c1-15(2,3)27(4,5)26-11-10(19)13(25-16(11,7-17)8-22)21-6-9(18)12(23)20-14(21)24/h6,10-11,13,22H,7-8H2,1-5H3,(H,20,23,24)/t10-,11-,13+,16+/m0/s1/i7D2. The summed E-state index contributed by atoms with van der Waals surface area (Å²) >= 11 is 5.85. The highest BCUT2D eigenvalue weighted by molar-refractivity contribution is 6.74. The van der Waals surface area contributed by atoms with Gasteiger partial charge < -0.3 is 14.3 Å². The molecule has 1 aromatic rings. The van der Waals surface area contributed by atoms with Gasteiger partial charge in [-0.25, -0.2) is 9.18 Å². The van der Waals surface area contributed by atoms with E-state index < -0.39 is 67.0 Å². The maximum Gasteiger partial charge on any atom is 0.330 e. The monoisotopic (exact) mass is 428 g/mol. The Labute approximate surface area is 164 Å². The number of hydrogen-bond donors (Lipinski definition) is 2. The van der Waals surface area contributed by atoms with Gasteiger partial charge in [-0.1, -0.05) is 20.8 Å².